The second kappa shape index (κ2) is 7.77. The Morgan fingerprint density at radius 1 is 1.20 bits per heavy atom. The van der Waals surface area contributed by atoms with Gasteiger partial charge >= 0.3 is 0 Å². The van der Waals surface area contributed by atoms with Crippen molar-refractivity contribution in [3.05, 3.63) is 0 Å². The van der Waals surface area contributed by atoms with Crippen molar-refractivity contribution in [2.45, 2.75) is 65.8 Å². The normalized spacial score (nSPS) is 21.6. The number of likely N-dealkylation sites (tertiary alicyclic amines) is 1. The van der Waals surface area contributed by atoms with Gasteiger partial charge in [0.05, 0.1) is 0 Å². The SMILES string of the molecule is CCC(CC)(CNC(C)(C)C)CN1CCC(CCO)C1. The highest BCUT2D eigenvalue weighted by molar-refractivity contribution is 4.88. The molecule has 1 atom stereocenters. The maximum atomic E-state index is 9.08. The van der Waals surface area contributed by atoms with Gasteiger partial charge in [0.2, 0.25) is 0 Å². The summed E-state index contributed by atoms with van der Waals surface area (Å²) in [5.74, 6) is 0.710. The molecule has 1 heterocycles. The van der Waals surface area contributed by atoms with Crippen molar-refractivity contribution in [3.8, 4) is 0 Å². The van der Waals surface area contributed by atoms with Gasteiger partial charge in [-0.3, -0.25) is 0 Å². The fraction of sp³-hybridized carbons (Fsp3) is 1.00. The summed E-state index contributed by atoms with van der Waals surface area (Å²) in [4.78, 5) is 2.62. The molecule has 1 saturated heterocycles. The Hall–Kier alpha value is -0.120. The average Bonchev–Trinajstić information content (AvgIpc) is 2.81. The molecule has 0 spiro atoms. The first-order valence-corrected chi connectivity index (χ1v) is 8.42. The number of aliphatic hydroxyl groups excluding tert-OH is 1. The third-order valence-corrected chi connectivity index (χ3v) is 4.96. The van der Waals surface area contributed by atoms with E-state index in [9.17, 15) is 0 Å². The molecule has 1 rings (SSSR count). The summed E-state index contributed by atoms with van der Waals surface area (Å²) in [6, 6.07) is 0. The molecular weight excluding hydrogens is 248 g/mol. The van der Waals surface area contributed by atoms with E-state index in [-0.39, 0.29) is 5.54 Å². The molecular formula is C17H36N2O. The van der Waals surface area contributed by atoms with Gasteiger partial charge in [0, 0.05) is 31.8 Å². The Morgan fingerprint density at radius 3 is 2.35 bits per heavy atom. The van der Waals surface area contributed by atoms with Crippen molar-refractivity contribution in [3.63, 3.8) is 0 Å². The molecule has 0 aromatic carbocycles. The van der Waals surface area contributed by atoms with Crippen molar-refractivity contribution in [2.75, 3.05) is 32.8 Å². The van der Waals surface area contributed by atoms with Crippen LogP contribution in [-0.2, 0) is 0 Å². The Kier molecular flexibility index (Phi) is 6.96. The van der Waals surface area contributed by atoms with Crippen LogP contribution in [0, 0.1) is 11.3 Å². The first kappa shape index (κ1) is 17.9. The van der Waals surface area contributed by atoms with E-state index in [4.69, 9.17) is 5.11 Å². The van der Waals surface area contributed by atoms with Gasteiger partial charge in [-0.05, 0) is 64.3 Å². The molecule has 0 bridgehead atoms. The second-order valence-corrected chi connectivity index (χ2v) is 7.71. The van der Waals surface area contributed by atoms with E-state index < -0.39 is 0 Å². The maximum Gasteiger partial charge on any atom is 0.0434 e. The second-order valence-electron chi connectivity index (χ2n) is 7.71. The fourth-order valence-electron chi connectivity index (χ4n) is 3.18. The highest BCUT2D eigenvalue weighted by Crippen LogP contribution is 2.30. The Morgan fingerprint density at radius 2 is 1.85 bits per heavy atom. The number of hydrogen-bond donors (Lipinski definition) is 2. The molecule has 0 aromatic heterocycles. The minimum atomic E-state index is 0.194. The molecule has 0 radical (unpaired) electrons. The smallest absolute Gasteiger partial charge is 0.0434 e. The lowest BCUT2D eigenvalue weighted by Gasteiger charge is -2.38. The summed E-state index contributed by atoms with van der Waals surface area (Å²) in [5, 5.41) is 12.8. The number of nitrogens with zero attached hydrogens (tertiary/aromatic N) is 1. The summed E-state index contributed by atoms with van der Waals surface area (Å²) in [7, 11) is 0. The van der Waals surface area contributed by atoms with E-state index in [2.05, 4.69) is 44.8 Å². The van der Waals surface area contributed by atoms with Gasteiger partial charge in [0.1, 0.15) is 0 Å². The number of nitrogens with one attached hydrogen (secondary N) is 1. The maximum absolute atomic E-state index is 9.08. The molecule has 1 aliphatic rings. The van der Waals surface area contributed by atoms with Gasteiger partial charge in [0.25, 0.3) is 0 Å². The summed E-state index contributed by atoms with van der Waals surface area (Å²) in [6.45, 7) is 16.4. The zero-order valence-electron chi connectivity index (χ0n) is 14.3. The van der Waals surface area contributed by atoms with Crippen LogP contribution in [-0.4, -0.2) is 48.3 Å². The van der Waals surface area contributed by atoms with E-state index in [0.29, 0.717) is 17.9 Å². The van der Waals surface area contributed by atoms with E-state index in [0.717, 1.165) is 13.0 Å². The molecule has 3 nitrogen and oxygen atoms in total. The van der Waals surface area contributed by atoms with Crippen LogP contribution in [0.1, 0.15) is 60.3 Å². The minimum Gasteiger partial charge on any atom is -0.396 e. The number of rotatable bonds is 8. The molecule has 1 fully saturated rings. The molecule has 0 aliphatic carbocycles. The van der Waals surface area contributed by atoms with Crippen LogP contribution < -0.4 is 5.32 Å². The molecule has 0 saturated carbocycles. The lowest BCUT2D eigenvalue weighted by atomic mass is 9.81. The topological polar surface area (TPSA) is 35.5 Å². The predicted octanol–water partition coefficient (Wildman–Crippen LogP) is 2.89. The van der Waals surface area contributed by atoms with E-state index in [1.54, 1.807) is 0 Å². The van der Waals surface area contributed by atoms with E-state index >= 15 is 0 Å². The molecule has 2 N–H and O–H groups in total. The van der Waals surface area contributed by atoms with Gasteiger partial charge in [-0.25, -0.2) is 0 Å². The molecule has 3 heteroatoms. The lowest BCUT2D eigenvalue weighted by molar-refractivity contribution is 0.139. The summed E-state index contributed by atoms with van der Waals surface area (Å²) < 4.78 is 0. The lowest BCUT2D eigenvalue weighted by Crippen LogP contribution is -2.48. The minimum absolute atomic E-state index is 0.194. The summed E-state index contributed by atoms with van der Waals surface area (Å²) in [5.41, 5.74) is 0.585. The Labute approximate surface area is 126 Å². The van der Waals surface area contributed by atoms with Crippen molar-refractivity contribution >= 4 is 0 Å². The first-order valence-electron chi connectivity index (χ1n) is 8.42. The van der Waals surface area contributed by atoms with E-state index in [1.165, 1.54) is 38.9 Å². The standard InChI is InChI=1S/C17H36N2O/c1-6-17(7-2,13-18-16(3,4)5)14-19-10-8-15(12-19)9-11-20/h15,18,20H,6-14H2,1-5H3. The predicted molar refractivity (Wildman–Crippen MR) is 87.0 cm³/mol. The van der Waals surface area contributed by atoms with Gasteiger partial charge in [-0.1, -0.05) is 13.8 Å². The van der Waals surface area contributed by atoms with Crippen LogP contribution in [0.3, 0.4) is 0 Å². The van der Waals surface area contributed by atoms with Crippen molar-refractivity contribution < 1.29 is 5.11 Å². The van der Waals surface area contributed by atoms with Gasteiger partial charge in [0.15, 0.2) is 0 Å². The highest BCUT2D eigenvalue weighted by Gasteiger charge is 2.32. The van der Waals surface area contributed by atoms with Crippen LogP contribution in [0.15, 0.2) is 0 Å². The summed E-state index contributed by atoms with van der Waals surface area (Å²) >= 11 is 0. The average molecular weight is 284 g/mol. The van der Waals surface area contributed by atoms with Crippen LogP contribution in [0.2, 0.25) is 0 Å². The quantitative estimate of drug-likeness (QED) is 0.719. The van der Waals surface area contributed by atoms with Crippen molar-refractivity contribution in [1.82, 2.24) is 10.2 Å². The largest absolute Gasteiger partial charge is 0.396 e. The molecule has 0 aromatic rings. The van der Waals surface area contributed by atoms with Gasteiger partial charge in [-0.2, -0.15) is 0 Å². The first-order chi connectivity index (χ1) is 9.34. The zero-order chi connectivity index (χ0) is 15.2. The van der Waals surface area contributed by atoms with Crippen molar-refractivity contribution in [1.29, 1.82) is 0 Å². The van der Waals surface area contributed by atoms with Crippen LogP contribution >= 0.6 is 0 Å². The molecule has 1 unspecified atom stereocenters. The van der Waals surface area contributed by atoms with Crippen LogP contribution in [0.5, 0.6) is 0 Å². The van der Waals surface area contributed by atoms with Gasteiger partial charge < -0.3 is 15.3 Å². The molecule has 0 amide bonds. The fourth-order valence-corrected chi connectivity index (χ4v) is 3.18. The zero-order valence-corrected chi connectivity index (χ0v) is 14.3. The Bertz CT molecular complexity index is 269. The Balaban J connectivity index is 2.54. The highest BCUT2D eigenvalue weighted by atomic mass is 16.3. The summed E-state index contributed by atoms with van der Waals surface area (Å²) in [6.07, 6.45) is 4.69. The van der Waals surface area contributed by atoms with Gasteiger partial charge in [-0.15, -0.1) is 0 Å². The molecule has 1 aliphatic heterocycles. The molecule has 20 heavy (non-hydrogen) atoms. The van der Waals surface area contributed by atoms with Crippen LogP contribution in [0.25, 0.3) is 0 Å². The molecule has 120 valence electrons. The third kappa shape index (κ3) is 5.71. The number of aliphatic hydroxyl groups is 1. The number of hydrogen-bond acceptors (Lipinski definition) is 3. The third-order valence-electron chi connectivity index (χ3n) is 4.96. The van der Waals surface area contributed by atoms with Crippen molar-refractivity contribution in [2.24, 2.45) is 11.3 Å². The van der Waals surface area contributed by atoms with Crippen LogP contribution in [0.4, 0.5) is 0 Å². The van der Waals surface area contributed by atoms with E-state index in [1.807, 2.05) is 0 Å². The monoisotopic (exact) mass is 284 g/mol.